The zero-order chi connectivity index (χ0) is 26.6. The Balaban J connectivity index is 1.60. The van der Waals surface area contributed by atoms with E-state index in [1.165, 1.54) is 4.90 Å². The lowest BCUT2D eigenvalue weighted by atomic mass is 9.81. The number of fused-ring (bicyclic) bond motifs is 1. The summed E-state index contributed by atoms with van der Waals surface area (Å²) in [5, 5.41) is 12.9. The van der Waals surface area contributed by atoms with Gasteiger partial charge >= 0.3 is 12.0 Å². The van der Waals surface area contributed by atoms with Crippen molar-refractivity contribution in [2.75, 3.05) is 19.8 Å². The van der Waals surface area contributed by atoms with Gasteiger partial charge in [-0.2, -0.15) is 0 Å². The second-order valence-corrected chi connectivity index (χ2v) is 11.3. The van der Waals surface area contributed by atoms with E-state index in [2.05, 4.69) is 26.1 Å². The summed E-state index contributed by atoms with van der Waals surface area (Å²) in [4.78, 5) is 25.6. The second kappa shape index (κ2) is 11.3. The van der Waals surface area contributed by atoms with Crippen LogP contribution >= 0.6 is 11.6 Å². The lowest BCUT2D eigenvalue weighted by Crippen LogP contribution is -2.56. The van der Waals surface area contributed by atoms with Crippen molar-refractivity contribution in [2.45, 2.75) is 58.3 Å². The van der Waals surface area contributed by atoms with Crippen LogP contribution in [0.3, 0.4) is 0 Å². The number of carbonyl (C=O) groups excluding carboxylic acids is 1. The molecule has 2 aliphatic rings. The molecule has 37 heavy (non-hydrogen) atoms. The van der Waals surface area contributed by atoms with Crippen molar-refractivity contribution in [3.05, 3.63) is 82.0 Å². The number of ether oxygens (including phenoxy) is 2. The fourth-order valence-electron chi connectivity index (χ4n) is 4.68. The number of nitrogens with zero attached hydrogens (tertiary/aromatic N) is 1. The van der Waals surface area contributed by atoms with E-state index in [0.29, 0.717) is 18.2 Å². The minimum atomic E-state index is -0.967. The number of halogens is 1. The Morgan fingerprint density at radius 3 is 2.68 bits per heavy atom. The maximum atomic E-state index is 13.1. The number of aliphatic carboxylic acids is 1. The quantitative estimate of drug-likeness (QED) is 0.426. The highest BCUT2D eigenvalue weighted by atomic mass is 35.5. The first-order chi connectivity index (χ1) is 17.6. The maximum absolute atomic E-state index is 13.1. The third-order valence-electron chi connectivity index (χ3n) is 6.85. The van der Waals surface area contributed by atoms with Crippen molar-refractivity contribution < 1.29 is 24.2 Å². The topological polar surface area (TPSA) is 88.1 Å². The number of nitrogens with one attached hydrogen (secondary N) is 1. The monoisotopic (exact) mass is 526 g/mol. The summed E-state index contributed by atoms with van der Waals surface area (Å²) >= 11 is 6.73. The van der Waals surface area contributed by atoms with Crippen molar-refractivity contribution in [3.63, 3.8) is 0 Å². The zero-order valence-electron chi connectivity index (χ0n) is 21.6. The Hall–Kier alpha value is -2.87. The van der Waals surface area contributed by atoms with Gasteiger partial charge in [0, 0.05) is 23.3 Å². The number of urea groups is 1. The molecule has 8 heteroatoms. The molecule has 198 valence electrons. The number of carboxylic acids is 1. The number of amides is 2. The Morgan fingerprint density at radius 2 is 2.00 bits per heavy atom. The molecule has 2 N–H and O–H groups in total. The highest BCUT2D eigenvalue weighted by Gasteiger charge is 2.51. The van der Waals surface area contributed by atoms with Crippen molar-refractivity contribution in [1.29, 1.82) is 0 Å². The van der Waals surface area contributed by atoms with Crippen LogP contribution in [0.1, 0.15) is 50.3 Å². The van der Waals surface area contributed by atoms with Crippen LogP contribution in [0.2, 0.25) is 5.02 Å². The third-order valence-corrected chi connectivity index (χ3v) is 7.21. The fourth-order valence-corrected chi connectivity index (χ4v) is 4.96. The number of hydrogen-bond acceptors (Lipinski definition) is 4. The molecule has 1 unspecified atom stereocenters. The van der Waals surface area contributed by atoms with Gasteiger partial charge in [-0.1, -0.05) is 74.8 Å². The average molecular weight is 527 g/mol. The molecule has 1 fully saturated rings. The van der Waals surface area contributed by atoms with Gasteiger partial charge in [-0.3, -0.25) is 4.79 Å². The van der Waals surface area contributed by atoms with Gasteiger partial charge in [-0.15, -0.1) is 0 Å². The van der Waals surface area contributed by atoms with Crippen molar-refractivity contribution in [3.8, 4) is 0 Å². The van der Waals surface area contributed by atoms with Crippen molar-refractivity contribution in [1.82, 2.24) is 10.2 Å². The maximum Gasteiger partial charge on any atom is 0.322 e. The van der Waals surface area contributed by atoms with E-state index < -0.39 is 17.6 Å². The van der Waals surface area contributed by atoms with Gasteiger partial charge in [0.25, 0.3) is 0 Å². The molecular weight excluding hydrogens is 492 g/mol. The van der Waals surface area contributed by atoms with Crippen LogP contribution in [0.15, 0.2) is 60.3 Å². The van der Waals surface area contributed by atoms with E-state index in [9.17, 15) is 9.59 Å². The van der Waals surface area contributed by atoms with Crippen LogP contribution in [-0.4, -0.2) is 47.9 Å². The fraction of sp³-hybridized carbons (Fsp3) is 0.448. The van der Waals surface area contributed by atoms with E-state index in [1.54, 1.807) is 6.20 Å². The van der Waals surface area contributed by atoms with E-state index >= 15 is 0 Å². The number of carboxylic acid groups (broad SMARTS) is 1. The van der Waals surface area contributed by atoms with Gasteiger partial charge in [-0.05, 0) is 41.0 Å². The molecule has 0 aromatic heterocycles. The molecule has 7 nitrogen and oxygen atoms in total. The molecule has 0 bridgehead atoms. The van der Waals surface area contributed by atoms with Gasteiger partial charge in [0.05, 0.1) is 26.2 Å². The molecule has 0 spiro atoms. The van der Waals surface area contributed by atoms with E-state index in [4.69, 9.17) is 26.2 Å². The first-order valence-corrected chi connectivity index (χ1v) is 13.0. The molecule has 2 aliphatic heterocycles. The Labute approximate surface area is 223 Å². The lowest BCUT2D eigenvalue weighted by molar-refractivity contribution is -0.137. The summed E-state index contributed by atoms with van der Waals surface area (Å²) in [6.07, 6.45) is 3.03. The highest BCUT2D eigenvalue weighted by molar-refractivity contribution is 6.31. The minimum Gasteiger partial charge on any atom is -0.481 e. The largest absolute Gasteiger partial charge is 0.481 e. The van der Waals surface area contributed by atoms with Crippen LogP contribution in [0.25, 0.3) is 0 Å². The molecule has 0 aliphatic carbocycles. The first-order valence-electron chi connectivity index (χ1n) is 12.6. The molecule has 2 heterocycles. The van der Waals surface area contributed by atoms with Crippen molar-refractivity contribution in [2.24, 2.45) is 5.41 Å². The van der Waals surface area contributed by atoms with E-state index in [-0.39, 0.29) is 31.0 Å². The summed E-state index contributed by atoms with van der Waals surface area (Å²) in [6, 6.07) is 15.4. The summed E-state index contributed by atoms with van der Waals surface area (Å²) in [7, 11) is 0. The second-order valence-electron chi connectivity index (χ2n) is 10.9. The molecular formula is C29H35ClN2O5. The number of hydrogen-bond donors (Lipinski definition) is 2. The average Bonchev–Trinajstić information content (AvgIpc) is 3.20. The first kappa shape index (κ1) is 27.2. The van der Waals surface area contributed by atoms with Gasteiger partial charge in [0.15, 0.2) is 0 Å². The van der Waals surface area contributed by atoms with Crippen LogP contribution in [-0.2, 0) is 32.8 Å². The Morgan fingerprint density at radius 1 is 1.24 bits per heavy atom. The number of aryl methyl sites for hydroxylation is 1. The van der Waals surface area contributed by atoms with Crippen LogP contribution in [0, 0.1) is 5.41 Å². The molecule has 2 aromatic carbocycles. The van der Waals surface area contributed by atoms with Gasteiger partial charge in [0.1, 0.15) is 11.6 Å². The summed E-state index contributed by atoms with van der Waals surface area (Å²) in [5.41, 5.74) is 3.07. The van der Waals surface area contributed by atoms with Crippen LogP contribution < -0.4 is 5.32 Å². The zero-order valence-corrected chi connectivity index (χ0v) is 22.4. The van der Waals surface area contributed by atoms with E-state index in [0.717, 1.165) is 35.1 Å². The summed E-state index contributed by atoms with van der Waals surface area (Å²) in [5.74, 6) is -0.967. The van der Waals surface area contributed by atoms with E-state index in [1.807, 2.05) is 48.5 Å². The van der Waals surface area contributed by atoms with Gasteiger partial charge in [0.2, 0.25) is 0 Å². The minimum absolute atomic E-state index is 0.0604. The SMILES string of the molecule is CC(C)(C)CCc1ccc([C@@]23COC(COCc4ccccc4)C2=CN(CCC(=O)O)C(=O)N3)cc1Cl. The third kappa shape index (κ3) is 6.53. The molecule has 0 saturated carbocycles. The molecule has 2 atom stereocenters. The Bertz CT molecular complexity index is 1160. The van der Waals surface area contributed by atoms with Crippen molar-refractivity contribution >= 4 is 23.6 Å². The normalized spacial score (nSPS) is 21.4. The van der Waals surface area contributed by atoms with Gasteiger partial charge < -0.3 is 24.8 Å². The summed E-state index contributed by atoms with van der Waals surface area (Å²) in [6.45, 7) is 7.63. The number of carbonyl (C=O) groups is 2. The summed E-state index contributed by atoms with van der Waals surface area (Å²) < 4.78 is 12.2. The molecule has 4 rings (SSSR count). The number of rotatable bonds is 10. The van der Waals surface area contributed by atoms with Gasteiger partial charge in [-0.25, -0.2) is 4.79 Å². The number of benzene rings is 2. The van der Waals surface area contributed by atoms with Crippen LogP contribution in [0.4, 0.5) is 4.79 Å². The predicted molar refractivity (Wildman–Crippen MR) is 142 cm³/mol. The molecule has 0 radical (unpaired) electrons. The molecule has 2 amide bonds. The molecule has 1 saturated heterocycles. The molecule has 2 aromatic rings. The van der Waals surface area contributed by atoms with Crippen LogP contribution in [0.5, 0.6) is 0 Å². The Kier molecular flexibility index (Phi) is 8.26. The standard InChI is InChI=1S/C29H35ClN2O5/c1-28(2,3)13-11-21-9-10-22(15-24(21)30)29-19-37-25(18-36-17-20-7-5-4-6-8-20)23(29)16-32(27(35)31-29)14-12-26(33)34/h4-10,15-16,25H,11-14,17-19H2,1-3H3,(H,31,35)(H,33,34)/t25?,29-/m0/s1. The lowest BCUT2D eigenvalue weighted by Gasteiger charge is -2.39. The highest BCUT2D eigenvalue weighted by Crippen LogP contribution is 2.43. The smallest absolute Gasteiger partial charge is 0.322 e. The predicted octanol–water partition coefficient (Wildman–Crippen LogP) is 5.51.